The summed E-state index contributed by atoms with van der Waals surface area (Å²) >= 11 is 0. The minimum Gasteiger partial charge on any atom is -0.354 e. The third-order valence-electron chi connectivity index (χ3n) is 4.56. The Labute approximate surface area is 185 Å². The summed E-state index contributed by atoms with van der Waals surface area (Å²) in [6.45, 7) is 10.5. The van der Waals surface area contributed by atoms with Crippen LogP contribution in [0.25, 0.3) is 0 Å². The van der Waals surface area contributed by atoms with Gasteiger partial charge in [0.25, 0.3) is 0 Å². The lowest BCUT2D eigenvalue weighted by atomic mass is 9.85. The molecule has 1 aromatic rings. The Balaban J connectivity index is 0.00000392. The third kappa shape index (κ3) is 7.56. The molecular weight excluding hydrogens is 471 g/mol. The van der Waals surface area contributed by atoms with Gasteiger partial charge in [-0.15, -0.1) is 24.0 Å². The number of hydrogen-bond donors (Lipinski definition) is 3. The first-order valence-electron chi connectivity index (χ1n) is 9.79. The number of carbonyl (C=O) groups excluding carboxylic acids is 1. The van der Waals surface area contributed by atoms with Crippen molar-refractivity contribution in [3.63, 3.8) is 0 Å². The van der Waals surface area contributed by atoms with Crippen LogP contribution in [0.1, 0.15) is 72.0 Å². The molecule has 0 aromatic carbocycles. The van der Waals surface area contributed by atoms with Crippen LogP contribution in [0.4, 0.5) is 0 Å². The summed E-state index contributed by atoms with van der Waals surface area (Å²) in [4.78, 5) is 21.0. The number of aromatic nitrogens is 2. The van der Waals surface area contributed by atoms with Crippen LogP contribution in [0, 0.1) is 5.92 Å². The van der Waals surface area contributed by atoms with Gasteiger partial charge < -0.3 is 20.5 Å². The first-order chi connectivity index (χ1) is 12.7. The molecule has 1 aliphatic rings. The van der Waals surface area contributed by atoms with Gasteiger partial charge in [0, 0.05) is 30.5 Å². The maximum Gasteiger partial charge on any atom is 0.232 e. The SMILES string of the molecule is CN=C(NCc1noc(C(C)(C)C)n1)NC1CCCC(C(=O)NC(C)C)C1.I. The molecule has 8 nitrogen and oxygen atoms in total. The smallest absolute Gasteiger partial charge is 0.232 e. The Bertz CT molecular complexity index is 653. The van der Waals surface area contributed by atoms with Crippen molar-refractivity contribution >= 4 is 35.8 Å². The van der Waals surface area contributed by atoms with E-state index in [0.717, 1.165) is 25.7 Å². The molecule has 2 rings (SSSR count). The molecule has 0 radical (unpaired) electrons. The van der Waals surface area contributed by atoms with Crippen LogP contribution >= 0.6 is 24.0 Å². The van der Waals surface area contributed by atoms with Gasteiger partial charge in [0.05, 0.1) is 6.54 Å². The Morgan fingerprint density at radius 1 is 1.32 bits per heavy atom. The predicted molar refractivity (Wildman–Crippen MR) is 121 cm³/mol. The van der Waals surface area contributed by atoms with Crippen LogP contribution in [-0.4, -0.2) is 41.1 Å². The van der Waals surface area contributed by atoms with E-state index in [1.165, 1.54) is 0 Å². The number of nitrogens with one attached hydrogen (secondary N) is 3. The molecule has 0 bridgehead atoms. The zero-order chi connectivity index (χ0) is 20.0. The van der Waals surface area contributed by atoms with E-state index in [4.69, 9.17) is 4.52 Å². The zero-order valence-corrected chi connectivity index (χ0v) is 20.2. The van der Waals surface area contributed by atoms with E-state index in [0.29, 0.717) is 24.2 Å². The molecule has 0 aliphatic heterocycles. The van der Waals surface area contributed by atoms with Crippen LogP contribution in [-0.2, 0) is 16.8 Å². The maximum absolute atomic E-state index is 12.3. The van der Waals surface area contributed by atoms with Gasteiger partial charge in [-0.05, 0) is 33.1 Å². The minimum absolute atomic E-state index is 0. The molecule has 0 saturated heterocycles. The molecule has 1 fully saturated rings. The average molecular weight is 506 g/mol. The largest absolute Gasteiger partial charge is 0.354 e. The highest BCUT2D eigenvalue weighted by Crippen LogP contribution is 2.24. The highest BCUT2D eigenvalue weighted by Gasteiger charge is 2.28. The summed E-state index contributed by atoms with van der Waals surface area (Å²) in [5.74, 6) is 2.12. The number of nitrogens with zero attached hydrogens (tertiary/aromatic N) is 3. The van der Waals surface area contributed by atoms with Gasteiger partial charge in [-0.25, -0.2) is 0 Å². The lowest BCUT2D eigenvalue weighted by Crippen LogP contribution is -2.47. The van der Waals surface area contributed by atoms with Crippen molar-refractivity contribution in [2.24, 2.45) is 10.9 Å². The van der Waals surface area contributed by atoms with Gasteiger partial charge >= 0.3 is 0 Å². The second-order valence-electron chi connectivity index (χ2n) is 8.56. The number of guanidine groups is 1. The van der Waals surface area contributed by atoms with E-state index in [2.05, 4.69) is 31.1 Å². The van der Waals surface area contributed by atoms with E-state index < -0.39 is 0 Å². The fraction of sp³-hybridized carbons (Fsp3) is 0.789. The Morgan fingerprint density at radius 2 is 2.04 bits per heavy atom. The second kappa shape index (κ2) is 11.0. The van der Waals surface area contributed by atoms with Gasteiger partial charge in [-0.1, -0.05) is 32.3 Å². The molecule has 9 heteroatoms. The molecule has 0 spiro atoms. The molecule has 2 unspecified atom stereocenters. The van der Waals surface area contributed by atoms with Crippen LogP contribution < -0.4 is 16.0 Å². The van der Waals surface area contributed by atoms with E-state index in [-0.39, 0.29) is 53.3 Å². The summed E-state index contributed by atoms with van der Waals surface area (Å²) in [6, 6.07) is 0.400. The number of amides is 1. The van der Waals surface area contributed by atoms with E-state index in [1.54, 1.807) is 7.05 Å². The minimum atomic E-state index is -0.168. The predicted octanol–water partition coefficient (Wildman–Crippen LogP) is 2.73. The third-order valence-corrected chi connectivity index (χ3v) is 4.56. The Hall–Kier alpha value is -1.39. The van der Waals surface area contributed by atoms with Crippen LogP contribution in [0.15, 0.2) is 9.52 Å². The van der Waals surface area contributed by atoms with Gasteiger partial charge in [0.2, 0.25) is 11.8 Å². The number of aliphatic imine (C=N–C) groups is 1. The summed E-state index contributed by atoms with van der Waals surface area (Å²) in [6.07, 6.45) is 3.82. The molecule has 1 heterocycles. The molecule has 1 saturated carbocycles. The lowest BCUT2D eigenvalue weighted by molar-refractivity contribution is -0.126. The molecular formula is C19H35IN6O2. The fourth-order valence-corrected chi connectivity index (χ4v) is 3.14. The number of halogens is 1. The Kier molecular flexibility index (Phi) is 9.65. The molecule has 160 valence electrons. The fourth-order valence-electron chi connectivity index (χ4n) is 3.14. The maximum atomic E-state index is 12.3. The van der Waals surface area contributed by atoms with Crippen molar-refractivity contribution in [2.75, 3.05) is 7.05 Å². The monoisotopic (exact) mass is 506 g/mol. The van der Waals surface area contributed by atoms with Crippen LogP contribution in [0.5, 0.6) is 0 Å². The summed E-state index contributed by atoms with van der Waals surface area (Å²) < 4.78 is 5.31. The zero-order valence-electron chi connectivity index (χ0n) is 17.8. The summed E-state index contributed by atoms with van der Waals surface area (Å²) in [5, 5.41) is 13.7. The number of rotatable bonds is 5. The van der Waals surface area contributed by atoms with Crippen molar-refractivity contribution in [1.82, 2.24) is 26.1 Å². The van der Waals surface area contributed by atoms with E-state index >= 15 is 0 Å². The second-order valence-corrected chi connectivity index (χ2v) is 8.56. The molecule has 1 aliphatic carbocycles. The summed E-state index contributed by atoms with van der Waals surface area (Å²) in [5.41, 5.74) is -0.168. The van der Waals surface area contributed by atoms with Crippen molar-refractivity contribution in [3.05, 3.63) is 11.7 Å². The average Bonchev–Trinajstić information content (AvgIpc) is 3.07. The van der Waals surface area contributed by atoms with Crippen molar-refractivity contribution in [1.29, 1.82) is 0 Å². The van der Waals surface area contributed by atoms with Gasteiger partial charge in [0.1, 0.15) is 0 Å². The normalized spacial score (nSPS) is 20.5. The van der Waals surface area contributed by atoms with Crippen LogP contribution in [0.2, 0.25) is 0 Å². The van der Waals surface area contributed by atoms with Gasteiger partial charge in [-0.3, -0.25) is 9.79 Å². The van der Waals surface area contributed by atoms with Gasteiger partial charge in [0.15, 0.2) is 11.8 Å². The standard InChI is InChI=1S/C19H34N6O2.HI/c1-12(2)22-16(26)13-8-7-9-14(10-13)23-18(20-6)21-11-15-24-17(27-25-15)19(3,4)5;/h12-14H,7-11H2,1-6H3,(H,22,26)(H2,20,21,23);1H. The molecule has 28 heavy (non-hydrogen) atoms. The molecule has 3 N–H and O–H groups in total. The topological polar surface area (TPSA) is 104 Å². The highest BCUT2D eigenvalue weighted by molar-refractivity contribution is 14.0. The molecule has 1 aromatic heterocycles. The Morgan fingerprint density at radius 3 is 2.61 bits per heavy atom. The first-order valence-corrected chi connectivity index (χ1v) is 9.79. The lowest BCUT2D eigenvalue weighted by Gasteiger charge is -2.30. The van der Waals surface area contributed by atoms with Crippen LogP contribution in [0.3, 0.4) is 0 Å². The highest BCUT2D eigenvalue weighted by atomic mass is 127. The molecule has 1 amide bonds. The van der Waals surface area contributed by atoms with E-state index in [1.807, 2.05) is 34.6 Å². The number of carbonyl (C=O) groups is 1. The van der Waals surface area contributed by atoms with Crippen molar-refractivity contribution < 1.29 is 9.32 Å². The summed E-state index contributed by atoms with van der Waals surface area (Å²) in [7, 11) is 1.73. The van der Waals surface area contributed by atoms with E-state index in [9.17, 15) is 4.79 Å². The van der Waals surface area contributed by atoms with Crippen molar-refractivity contribution in [2.45, 2.75) is 84.3 Å². The van der Waals surface area contributed by atoms with Gasteiger partial charge in [-0.2, -0.15) is 4.98 Å². The first kappa shape index (κ1) is 24.6. The van der Waals surface area contributed by atoms with Crippen molar-refractivity contribution in [3.8, 4) is 0 Å². The number of hydrogen-bond acceptors (Lipinski definition) is 5. The quantitative estimate of drug-likeness (QED) is 0.322. The molecule has 2 atom stereocenters.